The number of carbonyl (C=O) groups excluding carboxylic acids is 1. The maximum atomic E-state index is 14.3. The molecule has 3 aromatic rings. The predicted octanol–water partition coefficient (Wildman–Crippen LogP) is 3.47. The number of halogens is 1. The number of rotatable bonds is 4. The zero-order valence-electron chi connectivity index (χ0n) is 16.2. The van der Waals surface area contributed by atoms with E-state index in [0.717, 1.165) is 24.1 Å². The van der Waals surface area contributed by atoms with E-state index in [4.69, 9.17) is 10.5 Å². The van der Waals surface area contributed by atoms with E-state index in [1.54, 1.807) is 12.1 Å². The minimum atomic E-state index is -0.745. The zero-order chi connectivity index (χ0) is 20.7. The van der Waals surface area contributed by atoms with Gasteiger partial charge in [-0.1, -0.05) is 19.1 Å². The highest BCUT2D eigenvalue weighted by Crippen LogP contribution is 2.51. The van der Waals surface area contributed by atoms with E-state index in [9.17, 15) is 14.0 Å². The maximum Gasteiger partial charge on any atom is 0.268 e. The third kappa shape index (κ3) is 3.16. The van der Waals surface area contributed by atoms with E-state index in [0.29, 0.717) is 5.52 Å². The largest absolute Gasteiger partial charge is 0.493 e. The van der Waals surface area contributed by atoms with Crippen LogP contribution in [-0.4, -0.2) is 23.0 Å². The summed E-state index contributed by atoms with van der Waals surface area (Å²) in [5, 5.41) is 0.190. The summed E-state index contributed by atoms with van der Waals surface area (Å²) in [4.78, 5) is 31.7. The van der Waals surface area contributed by atoms with Gasteiger partial charge in [-0.05, 0) is 36.8 Å². The lowest BCUT2D eigenvalue weighted by Crippen LogP contribution is -2.19. The van der Waals surface area contributed by atoms with Crippen molar-refractivity contribution in [1.29, 1.82) is 0 Å². The summed E-state index contributed by atoms with van der Waals surface area (Å²) in [5.74, 6) is -0.625. The van der Waals surface area contributed by atoms with Crippen LogP contribution in [0.3, 0.4) is 0 Å². The van der Waals surface area contributed by atoms with Crippen LogP contribution in [0.1, 0.15) is 53.3 Å². The van der Waals surface area contributed by atoms with Crippen LogP contribution in [0.25, 0.3) is 10.9 Å². The predicted molar refractivity (Wildman–Crippen MR) is 108 cm³/mol. The van der Waals surface area contributed by atoms with E-state index in [-0.39, 0.29) is 40.0 Å². The average molecular weight is 395 g/mol. The van der Waals surface area contributed by atoms with Crippen molar-refractivity contribution in [3.63, 3.8) is 0 Å². The van der Waals surface area contributed by atoms with Gasteiger partial charge in [0.25, 0.3) is 5.91 Å². The van der Waals surface area contributed by atoms with Gasteiger partial charge in [0.15, 0.2) is 17.0 Å². The van der Waals surface area contributed by atoms with Crippen molar-refractivity contribution in [3.05, 3.63) is 69.5 Å². The van der Waals surface area contributed by atoms with Crippen molar-refractivity contribution in [2.75, 3.05) is 7.11 Å². The number of hydrogen-bond donors (Lipinski definition) is 2. The summed E-state index contributed by atoms with van der Waals surface area (Å²) in [6.45, 7) is 2.13. The molecule has 1 aliphatic rings. The highest BCUT2D eigenvalue weighted by molar-refractivity contribution is 6.03. The number of fused-ring (bicyclic) bond motifs is 1. The Morgan fingerprint density at radius 1 is 1.31 bits per heavy atom. The molecule has 1 amide bonds. The van der Waals surface area contributed by atoms with Gasteiger partial charge >= 0.3 is 0 Å². The molecule has 0 aliphatic heterocycles. The number of primary amides is 1. The second-order valence-corrected chi connectivity index (χ2v) is 7.58. The van der Waals surface area contributed by atoms with Gasteiger partial charge in [0.1, 0.15) is 5.69 Å². The Labute approximate surface area is 166 Å². The van der Waals surface area contributed by atoms with Crippen molar-refractivity contribution >= 4 is 16.8 Å². The summed E-state index contributed by atoms with van der Waals surface area (Å²) >= 11 is 0. The van der Waals surface area contributed by atoms with E-state index in [1.165, 1.54) is 25.4 Å². The van der Waals surface area contributed by atoms with Gasteiger partial charge in [-0.2, -0.15) is 0 Å². The van der Waals surface area contributed by atoms with Gasteiger partial charge in [0, 0.05) is 29.4 Å². The standard InChI is InChI=1S/C22H22FN3O3/c1-11-6-7-12(18(11)13-4-3-5-14(23)21(13)29-2)16-10-17(27)19-15(26-16)8-9-25-20(19)22(24)28/h3-5,8-12,18H,6-7H2,1-2H3,(H2,24,28)(H,26,27)/t11?,12?,18-/m1/s1. The molecule has 1 fully saturated rings. The fourth-order valence-corrected chi connectivity index (χ4v) is 4.68. The molecule has 0 radical (unpaired) electrons. The number of aromatic nitrogens is 2. The number of hydrogen-bond acceptors (Lipinski definition) is 4. The van der Waals surface area contributed by atoms with Crippen molar-refractivity contribution in [1.82, 2.24) is 9.97 Å². The van der Waals surface area contributed by atoms with Crippen LogP contribution in [0, 0.1) is 11.7 Å². The normalized spacial score (nSPS) is 21.4. The molecule has 2 heterocycles. The lowest BCUT2D eigenvalue weighted by atomic mass is 9.81. The molecule has 4 rings (SSSR count). The second-order valence-electron chi connectivity index (χ2n) is 7.58. The Balaban J connectivity index is 1.86. The molecule has 29 heavy (non-hydrogen) atoms. The minimum absolute atomic E-state index is 0.00815. The number of amides is 1. The molecule has 7 heteroatoms. The van der Waals surface area contributed by atoms with Crippen molar-refractivity contribution in [2.45, 2.75) is 31.6 Å². The molecule has 3 N–H and O–H groups in total. The SMILES string of the molecule is COc1c(F)cccc1[C@@H]1C(C)CCC1c1cc(=O)c2c(C(N)=O)nccc2[nH]1. The first-order valence-corrected chi connectivity index (χ1v) is 9.56. The number of nitrogens with one attached hydrogen (secondary N) is 1. The Bertz CT molecular complexity index is 1160. The number of para-hydroxylation sites is 1. The number of benzene rings is 1. The third-order valence-corrected chi connectivity index (χ3v) is 5.94. The number of carbonyl (C=O) groups is 1. The van der Waals surface area contributed by atoms with Gasteiger partial charge in [-0.3, -0.25) is 14.6 Å². The molecule has 1 aliphatic carbocycles. The first-order chi connectivity index (χ1) is 13.9. The molecule has 6 nitrogen and oxygen atoms in total. The summed E-state index contributed by atoms with van der Waals surface area (Å²) < 4.78 is 19.7. The number of ether oxygens (including phenoxy) is 1. The summed E-state index contributed by atoms with van der Waals surface area (Å²) in [5.41, 5.74) is 7.09. The summed E-state index contributed by atoms with van der Waals surface area (Å²) in [7, 11) is 1.47. The van der Waals surface area contributed by atoms with Crippen LogP contribution in [0.4, 0.5) is 4.39 Å². The Morgan fingerprint density at radius 3 is 2.83 bits per heavy atom. The van der Waals surface area contributed by atoms with Crippen molar-refractivity contribution in [2.24, 2.45) is 11.7 Å². The molecule has 3 atom stereocenters. The monoisotopic (exact) mass is 395 g/mol. The Kier molecular flexibility index (Phi) is 4.82. The molecule has 2 unspecified atom stereocenters. The van der Waals surface area contributed by atoms with Gasteiger partial charge in [0.05, 0.1) is 18.0 Å². The first kappa shape index (κ1) is 19.1. The van der Waals surface area contributed by atoms with Gasteiger partial charge in [-0.25, -0.2) is 4.39 Å². The number of pyridine rings is 2. The molecule has 0 spiro atoms. The number of nitrogens with zero attached hydrogens (tertiary/aromatic N) is 1. The average Bonchev–Trinajstić information content (AvgIpc) is 3.08. The van der Waals surface area contributed by atoms with Crippen molar-refractivity contribution in [3.8, 4) is 5.75 Å². The summed E-state index contributed by atoms with van der Waals surface area (Å²) in [6.07, 6.45) is 3.24. The van der Waals surface area contributed by atoms with Crippen LogP contribution in [0.15, 0.2) is 41.3 Å². The topological polar surface area (TPSA) is 98.1 Å². The van der Waals surface area contributed by atoms with Crippen LogP contribution in [-0.2, 0) is 0 Å². The quantitative estimate of drug-likeness (QED) is 0.707. The van der Waals surface area contributed by atoms with Gasteiger partial charge < -0.3 is 15.5 Å². The number of H-pyrrole nitrogens is 1. The van der Waals surface area contributed by atoms with Crippen LogP contribution >= 0.6 is 0 Å². The highest BCUT2D eigenvalue weighted by atomic mass is 19.1. The van der Waals surface area contributed by atoms with Crippen LogP contribution < -0.4 is 15.9 Å². The molecule has 1 saturated carbocycles. The fourth-order valence-electron chi connectivity index (χ4n) is 4.68. The van der Waals surface area contributed by atoms with E-state index >= 15 is 0 Å². The van der Waals surface area contributed by atoms with Gasteiger partial charge in [0.2, 0.25) is 0 Å². The van der Waals surface area contributed by atoms with E-state index in [1.807, 2.05) is 6.07 Å². The number of aromatic amines is 1. The van der Waals surface area contributed by atoms with Gasteiger partial charge in [-0.15, -0.1) is 0 Å². The van der Waals surface area contributed by atoms with E-state index < -0.39 is 11.7 Å². The number of methoxy groups -OCH3 is 1. The van der Waals surface area contributed by atoms with E-state index in [2.05, 4.69) is 16.9 Å². The highest BCUT2D eigenvalue weighted by Gasteiger charge is 2.38. The molecule has 1 aromatic carbocycles. The fraction of sp³-hybridized carbons (Fsp3) is 0.318. The number of nitrogens with two attached hydrogens (primary N) is 1. The third-order valence-electron chi connectivity index (χ3n) is 5.94. The Morgan fingerprint density at radius 2 is 2.10 bits per heavy atom. The molecular weight excluding hydrogens is 373 g/mol. The molecule has 0 saturated heterocycles. The summed E-state index contributed by atoms with van der Waals surface area (Å²) in [6, 6.07) is 8.12. The minimum Gasteiger partial charge on any atom is -0.493 e. The maximum absolute atomic E-state index is 14.3. The van der Waals surface area contributed by atoms with Crippen LogP contribution in [0.5, 0.6) is 5.75 Å². The molecule has 150 valence electrons. The van der Waals surface area contributed by atoms with Crippen molar-refractivity contribution < 1.29 is 13.9 Å². The lowest BCUT2D eigenvalue weighted by molar-refractivity contribution is 0.0997. The molecule has 2 aromatic heterocycles. The zero-order valence-corrected chi connectivity index (χ0v) is 16.2. The first-order valence-electron chi connectivity index (χ1n) is 9.56. The molecular formula is C22H22FN3O3. The molecule has 0 bridgehead atoms. The van der Waals surface area contributed by atoms with Crippen LogP contribution in [0.2, 0.25) is 0 Å². The smallest absolute Gasteiger partial charge is 0.268 e. The Hall–Kier alpha value is -3.22. The second kappa shape index (κ2) is 7.31. The lowest BCUT2D eigenvalue weighted by Gasteiger charge is -2.25.